The summed E-state index contributed by atoms with van der Waals surface area (Å²) in [4.78, 5) is 64.5. The minimum absolute atomic E-state index is 0. The van der Waals surface area contributed by atoms with Gasteiger partial charge in [-0.25, -0.2) is 14.4 Å². The maximum atomic E-state index is 13.6. The molecular weight excluding hydrogens is 1020 g/mol. The first-order valence-corrected chi connectivity index (χ1v) is 23.9. The lowest BCUT2D eigenvalue weighted by atomic mass is 9.71. The average molecular weight is 1070 g/mol. The van der Waals surface area contributed by atoms with Crippen molar-refractivity contribution in [3.8, 4) is 0 Å². The fraction of sp³-hybridized carbons (Fsp3) is 0.263. The van der Waals surface area contributed by atoms with E-state index in [4.69, 9.17) is 28.8 Å². The number of aliphatic hydroxyl groups excluding tert-OH is 1. The number of esters is 3. The molecule has 6 aromatic rings. The maximum absolute atomic E-state index is 13.6. The van der Waals surface area contributed by atoms with Crippen molar-refractivity contribution in [2.45, 2.75) is 76.5 Å². The summed E-state index contributed by atoms with van der Waals surface area (Å²) in [6.45, 7) is 1.73. The Bertz CT molecular complexity index is 2630. The zero-order valence-electron chi connectivity index (χ0n) is 38.8. The van der Waals surface area contributed by atoms with Gasteiger partial charge >= 0.3 is 24.1 Å². The van der Waals surface area contributed by atoms with Gasteiger partial charge in [0.05, 0.1) is 38.9 Å². The Labute approximate surface area is 427 Å². The van der Waals surface area contributed by atoms with Crippen LogP contribution in [0.4, 0.5) is 0 Å². The van der Waals surface area contributed by atoms with Crippen LogP contribution in [-0.2, 0) is 51.0 Å². The molecule has 1 N–H and O–H groups in total. The van der Waals surface area contributed by atoms with Crippen molar-refractivity contribution in [1.29, 1.82) is 0 Å². The molecule has 0 radical (unpaired) electrons. The summed E-state index contributed by atoms with van der Waals surface area (Å²) >= 11 is 6.96. The van der Waals surface area contributed by atoms with E-state index in [9.17, 15) is 19.5 Å². The highest BCUT2D eigenvalue weighted by molar-refractivity contribution is 9.10. The van der Waals surface area contributed by atoms with E-state index in [1.54, 1.807) is 6.92 Å². The van der Waals surface area contributed by atoms with E-state index in [0.29, 0.717) is 12.1 Å². The lowest BCUT2D eigenvalue weighted by Gasteiger charge is -2.37. The second-order valence-corrected chi connectivity index (χ2v) is 17.8. The summed E-state index contributed by atoms with van der Waals surface area (Å²) in [6.07, 6.45) is 5.40. The Kier molecular flexibility index (Phi) is 22.5. The summed E-state index contributed by atoms with van der Waals surface area (Å²) in [6, 6.07) is 50.3. The maximum Gasteiger partial charge on any atom is 0.373 e. The van der Waals surface area contributed by atoms with E-state index in [0.717, 1.165) is 85.7 Å². The summed E-state index contributed by atoms with van der Waals surface area (Å²) in [5.41, 5.74) is 7.36. The summed E-state index contributed by atoms with van der Waals surface area (Å²) in [7, 11) is 3.94. The molecule has 1 unspecified atom stereocenters. The van der Waals surface area contributed by atoms with Crippen molar-refractivity contribution in [3.05, 3.63) is 211 Å². The number of aryl methyl sites for hydroxylation is 2. The number of ether oxygens (including phenoxy) is 3. The molecular formula is C57H58Br2N2O9. The normalized spacial score (nSPS) is 14.5. The highest BCUT2D eigenvalue weighted by Crippen LogP contribution is 2.44. The molecule has 8 rings (SSSR count). The summed E-state index contributed by atoms with van der Waals surface area (Å²) < 4.78 is 17.2. The van der Waals surface area contributed by atoms with Crippen LogP contribution in [0.2, 0.25) is 0 Å². The van der Waals surface area contributed by atoms with Gasteiger partial charge in [-0.1, -0.05) is 173 Å². The Balaban J connectivity index is 0.000000248. The standard InChI is InChI=1S/C28H26BrNO4.C17H17NO2.C10H11BrO.CO2.CH4/c1-33-26(31)28(27(32)34-2,24-15-9-14-19-16-17-22(29)18-23(19)24)30-25(20-10-5-3-6-11-20)21-12-7-4-8-13-21;1-13(17(19)20-2)18-16(14-9-5-3-6-10-14)15-11-7-4-8-12-15;11-8-5-4-7-2-1-3-10(12)9(7)6-8;2-1-3;/h3-8,10-13,16-18,24H,9,14-15H2,1-2H3;3-13H,1-2H3;4-6,10,12H,1-3H2;;1H4/t24-;;10-;;/m1.0../s1. The number of methoxy groups -OCH3 is 3. The molecule has 2 aliphatic rings. The lowest BCUT2D eigenvalue weighted by Crippen LogP contribution is -2.53. The van der Waals surface area contributed by atoms with Crippen LogP contribution in [-0.4, -0.2) is 73.5 Å². The number of aliphatic hydroxyl groups is 1. The SMILES string of the molecule is C.COC(=O)C(C)N=C(c1ccccc1)c1ccccc1.COC(=O)C(N=C(c1ccccc1)c1ccccc1)(C(=O)OC)[C@@H]1CCCc2ccc(Br)cc21.O=C=O.O[C@H]1CCCc2ccc(Br)cc21. The first-order valence-electron chi connectivity index (χ1n) is 22.3. The first-order chi connectivity index (χ1) is 33.4. The number of nitrogens with zero attached hydrogens (tertiary/aromatic N) is 2. The third-order valence-electron chi connectivity index (χ3n) is 11.7. The summed E-state index contributed by atoms with van der Waals surface area (Å²) in [5, 5.41) is 9.66. The first kappa shape index (κ1) is 56.0. The molecule has 0 amide bonds. The molecule has 0 aromatic heterocycles. The number of rotatable bonds is 10. The number of halogens is 2. The highest BCUT2D eigenvalue weighted by atomic mass is 79.9. The molecule has 13 heteroatoms. The second-order valence-electron chi connectivity index (χ2n) is 16.0. The van der Waals surface area contributed by atoms with Gasteiger partial charge in [0.15, 0.2) is 0 Å². The molecule has 2 aliphatic carbocycles. The molecule has 6 aromatic carbocycles. The Morgan fingerprint density at radius 1 is 0.600 bits per heavy atom. The number of carbonyl (C=O) groups is 3. The molecule has 364 valence electrons. The second kappa shape index (κ2) is 28.1. The van der Waals surface area contributed by atoms with Crippen molar-refractivity contribution >= 4 is 67.3 Å². The zero-order chi connectivity index (χ0) is 49.8. The molecule has 0 spiro atoms. The van der Waals surface area contributed by atoms with Crippen LogP contribution in [0.15, 0.2) is 177 Å². The number of hydrogen-bond donors (Lipinski definition) is 1. The fourth-order valence-corrected chi connectivity index (χ4v) is 9.14. The largest absolute Gasteiger partial charge is 0.467 e. The minimum atomic E-state index is -1.90. The Morgan fingerprint density at radius 2 is 0.986 bits per heavy atom. The predicted molar refractivity (Wildman–Crippen MR) is 279 cm³/mol. The molecule has 70 heavy (non-hydrogen) atoms. The van der Waals surface area contributed by atoms with Crippen molar-refractivity contribution in [1.82, 2.24) is 0 Å². The van der Waals surface area contributed by atoms with Crippen LogP contribution in [0.3, 0.4) is 0 Å². The molecule has 3 atom stereocenters. The van der Waals surface area contributed by atoms with Gasteiger partial charge in [-0.3, -0.25) is 9.98 Å². The van der Waals surface area contributed by atoms with E-state index in [1.807, 2.05) is 152 Å². The van der Waals surface area contributed by atoms with Crippen LogP contribution in [0.1, 0.15) is 96.6 Å². The fourth-order valence-electron chi connectivity index (χ4n) is 8.39. The van der Waals surface area contributed by atoms with E-state index in [2.05, 4.69) is 42.9 Å². The molecule has 11 nitrogen and oxygen atoms in total. The van der Waals surface area contributed by atoms with Crippen LogP contribution in [0.25, 0.3) is 0 Å². The van der Waals surface area contributed by atoms with E-state index >= 15 is 0 Å². The smallest absolute Gasteiger partial charge is 0.373 e. The van der Waals surface area contributed by atoms with Gasteiger partial charge in [-0.15, -0.1) is 0 Å². The minimum Gasteiger partial charge on any atom is -0.467 e. The Morgan fingerprint density at radius 3 is 1.40 bits per heavy atom. The van der Waals surface area contributed by atoms with Crippen LogP contribution >= 0.6 is 31.9 Å². The third-order valence-corrected chi connectivity index (χ3v) is 12.6. The molecule has 0 aliphatic heterocycles. The van der Waals surface area contributed by atoms with Crippen molar-refractivity contribution < 1.29 is 43.3 Å². The lowest BCUT2D eigenvalue weighted by molar-refractivity contribution is -0.191. The quantitative estimate of drug-likeness (QED) is 0.0610. The number of hydrogen-bond acceptors (Lipinski definition) is 11. The number of fused-ring (bicyclic) bond motifs is 2. The van der Waals surface area contributed by atoms with Crippen molar-refractivity contribution in [2.24, 2.45) is 9.98 Å². The third kappa shape index (κ3) is 14.5. The van der Waals surface area contributed by atoms with Gasteiger partial charge in [-0.05, 0) is 92.0 Å². The zero-order valence-corrected chi connectivity index (χ0v) is 42.0. The summed E-state index contributed by atoms with van der Waals surface area (Å²) in [5.74, 6) is -2.35. The van der Waals surface area contributed by atoms with Crippen molar-refractivity contribution in [2.75, 3.05) is 21.3 Å². The van der Waals surface area contributed by atoms with E-state index < -0.39 is 29.4 Å². The molecule has 0 fully saturated rings. The average Bonchev–Trinajstić information content (AvgIpc) is 3.39. The van der Waals surface area contributed by atoms with Gasteiger partial charge < -0.3 is 19.3 Å². The van der Waals surface area contributed by atoms with Gasteiger partial charge in [0, 0.05) is 37.1 Å². The van der Waals surface area contributed by atoms with Crippen LogP contribution in [0, 0.1) is 0 Å². The predicted octanol–water partition coefficient (Wildman–Crippen LogP) is 11.4. The van der Waals surface area contributed by atoms with Gasteiger partial charge in [0.2, 0.25) is 0 Å². The van der Waals surface area contributed by atoms with Gasteiger partial charge in [-0.2, -0.15) is 9.59 Å². The number of aliphatic imine (C=N–C) groups is 2. The van der Waals surface area contributed by atoms with E-state index in [-0.39, 0.29) is 25.7 Å². The molecule has 0 heterocycles. The topological polar surface area (TPSA) is 158 Å². The molecule has 0 bridgehead atoms. The monoisotopic (exact) mass is 1070 g/mol. The van der Waals surface area contributed by atoms with Gasteiger partial charge in [0.25, 0.3) is 5.54 Å². The van der Waals surface area contributed by atoms with Crippen LogP contribution < -0.4 is 0 Å². The molecule has 0 saturated heterocycles. The number of carbonyl (C=O) groups excluding carboxylic acids is 5. The highest BCUT2D eigenvalue weighted by Gasteiger charge is 2.56. The van der Waals surface area contributed by atoms with E-state index in [1.165, 1.54) is 26.9 Å². The van der Waals surface area contributed by atoms with Crippen molar-refractivity contribution in [3.63, 3.8) is 0 Å². The number of benzene rings is 6. The molecule has 0 saturated carbocycles. The van der Waals surface area contributed by atoms with Crippen LogP contribution in [0.5, 0.6) is 0 Å². The Hall–Kier alpha value is -6.63. The van der Waals surface area contributed by atoms with Gasteiger partial charge in [0.1, 0.15) is 6.04 Å².